The summed E-state index contributed by atoms with van der Waals surface area (Å²) in [5.41, 5.74) is -0.364. The van der Waals surface area contributed by atoms with Gasteiger partial charge >= 0.3 is 7.75 Å². The molecule has 0 fully saturated rings. The van der Waals surface area contributed by atoms with Crippen molar-refractivity contribution >= 4 is 24.9 Å². The lowest BCUT2D eigenvalue weighted by Crippen LogP contribution is -2.23. The van der Waals surface area contributed by atoms with E-state index in [1.807, 2.05) is 6.92 Å². The van der Waals surface area contributed by atoms with Crippen LogP contribution in [0.1, 0.15) is 19.2 Å². The second-order valence-corrected chi connectivity index (χ2v) is 5.38. The van der Waals surface area contributed by atoms with Crippen molar-refractivity contribution in [1.82, 2.24) is 19.9 Å². The fourth-order valence-electron chi connectivity index (χ4n) is 1.71. The first-order valence-electron chi connectivity index (χ1n) is 5.76. The van der Waals surface area contributed by atoms with E-state index >= 15 is 0 Å². The molecule has 0 saturated heterocycles. The summed E-state index contributed by atoms with van der Waals surface area (Å²) in [5, 5.41) is 0. The van der Waals surface area contributed by atoms with Gasteiger partial charge in [-0.3, -0.25) is 14.6 Å². The van der Waals surface area contributed by atoms with Crippen molar-refractivity contribution in [2.75, 3.05) is 11.9 Å². The van der Waals surface area contributed by atoms with Crippen LogP contribution in [0.25, 0.3) is 11.2 Å². The van der Waals surface area contributed by atoms with E-state index in [-0.39, 0.29) is 16.0 Å². The van der Waals surface area contributed by atoms with E-state index < -0.39 is 19.3 Å². The molecule has 0 aliphatic heterocycles. The predicted molar refractivity (Wildman–Crippen MR) is 70.0 cm³/mol. The largest absolute Gasteiger partial charge is 0.456 e. The van der Waals surface area contributed by atoms with E-state index in [1.54, 1.807) is 0 Å². The maximum atomic E-state index is 11.9. The monoisotopic (exact) mass is 303 g/mol. The van der Waals surface area contributed by atoms with Crippen molar-refractivity contribution in [2.45, 2.75) is 19.8 Å². The summed E-state index contributed by atoms with van der Waals surface area (Å²) in [6.45, 7) is 1.96. The van der Waals surface area contributed by atoms with Crippen molar-refractivity contribution in [3.8, 4) is 0 Å². The number of nitrogens with one attached hydrogen (secondary N) is 2. The Bertz CT molecular complexity index is 719. The van der Waals surface area contributed by atoms with Crippen LogP contribution in [0.3, 0.4) is 0 Å². The van der Waals surface area contributed by atoms with E-state index in [0.717, 1.165) is 13.5 Å². The zero-order chi connectivity index (χ0) is 14.9. The molecule has 2 aromatic heterocycles. The summed E-state index contributed by atoms with van der Waals surface area (Å²) >= 11 is 0. The fourth-order valence-corrected chi connectivity index (χ4v) is 2.26. The Labute approximate surface area is 113 Å². The molecular formula is C9H14N5O5P. The summed E-state index contributed by atoms with van der Waals surface area (Å²) in [5.74, 6) is 0.172. The number of aromatic amines is 2. The van der Waals surface area contributed by atoms with Gasteiger partial charge in [-0.1, -0.05) is 6.92 Å². The maximum absolute atomic E-state index is 11.9. The molecule has 0 aromatic carbocycles. The van der Waals surface area contributed by atoms with Gasteiger partial charge < -0.3 is 14.8 Å². The minimum Gasteiger partial charge on any atom is -0.336 e. The minimum atomic E-state index is -4.76. The van der Waals surface area contributed by atoms with Gasteiger partial charge in [0.05, 0.1) is 7.11 Å². The van der Waals surface area contributed by atoms with Crippen LogP contribution in [-0.4, -0.2) is 36.8 Å². The Morgan fingerprint density at radius 2 is 2.05 bits per heavy atom. The number of aryl methyl sites for hydroxylation is 1. The smallest absolute Gasteiger partial charge is 0.336 e. The number of nitrogens with zero attached hydrogens (tertiary/aromatic N) is 3. The third-order valence-electron chi connectivity index (χ3n) is 2.48. The average molecular weight is 303 g/mol. The van der Waals surface area contributed by atoms with Gasteiger partial charge in [0.2, 0.25) is 5.95 Å². The first-order valence-corrected chi connectivity index (χ1v) is 7.32. The van der Waals surface area contributed by atoms with Gasteiger partial charge in [-0.25, -0.2) is 9.55 Å². The van der Waals surface area contributed by atoms with Crippen LogP contribution in [0.15, 0.2) is 4.79 Å². The lowest BCUT2D eigenvalue weighted by Gasteiger charge is -2.19. The summed E-state index contributed by atoms with van der Waals surface area (Å²) in [6.07, 6.45) is 1.47. The zero-order valence-corrected chi connectivity index (χ0v) is 11.7. The van der Waals surface area contributed by atoms with Crippen LogP contribution < -0.4 is 10.4 Å². The van der Waals surface area contributed by atoms with Crippen molar-refractivity contribution in [3.05, 3.63) is 16.2 Å². The second-order valence-electron chi connectivity index (χ2n) is 3.99. The summed E-state index contributed by atoms with van der Waals surface area (Å²) in [4.78, 5) is 47.9. The topological polar surface area (TPSA) is 144 Å². The first-order chi connectivity index (χ1) is 9.36. The van der Waals surface area contributed by atoms with Gasteiger partial charge in [-0.15, -0.1) is 4.83 Å². The zero-order valence-electron chi connectivity index (χ0n) is 10.8. The van der Waals surface area contributed by atoms with E-state index in [1.165, 1.54) is 0 Å². The number of imidazole rings is 1. The predicted octanol–water partition coefficient (Wildman–Crippen LogP) is 0.0592. The fraction of sp³-hybridized carbons (Fsp3) is 0.444. The molecule has 11 heteroatoms. The van der Waals surface area contributed by atoms with Crippen molar-refractivity contribution in [2.24, 2.45) is 0 Å². The molecule has 2 heterocycles. The number of anilines is 1. The Morgan fingerprint density at radius 3 is 2.60 bits per heavy atom. The van der Waals surface area contributed by atoms with Crippen LogP contribution in [0, 0.1) is 0 Å². The molecule has 0 unspecified atom stereocenters. The van der Waals surface area contributed by atoms with Gasteiger partial charge in [-0.2, -0.15) is 4.98 Å². The van der Waals surface area contributed by atoms with Gasteiger partial charge in [0.15, 0.2) is 11.2 Å². The first kappa shape index (κ1) is 14.7. The van der Waals surface area contributed by atoms with E-state index in [2.05, 4.69) is 24.8 Å². The number of rotatable bonds is 5. The summed E-state index contributed by atoms with van der Waals surface area (Å²) < 4.78 is 11.2. The summed E-state index contributed by atoms with van der Waals surface area (Å²) in [7, 11) is -3.71. The van der Waals surface area contributed by atoms with Crippen molar-refractivity contribution < 1.29 is 19.2 Å². The molecule has 2 rings (SSSR count). The highest BCUT2D eigenvalue weighted by molar-refractivity contribution is 7.53. The second kappa shape index (κ2) is 5.33. The number of hydrogen-bond acceptors (Lipinski definition) is 5. The molecule has 0 atom stereocenters. The van der Waals surface area contributed by atoms with Crippen LogP contribution in [0.4, 0.5) is 5.95 Å². The molecule has 0 aliphatic rings. The van der Waals surface area contributed by atoms with Crippen LogP contribution in [0.2, 0.25) is 0 Å². The van der Waals surface area contributed by atoms with Crippen LogP contribution >= 0.6 is 7.75 Å². The lowest BCUT2D eigenvalue weighted by molar-refractivity contribution is 0.182. The third-order valence-corrected chi connectivity index (χ3v) is 3.30. The molecule has 0 amide bonds. The lowest BCUT2D eigenvalue weighted by atomic mass is 10.3. The maximum Gasteiger partial charge on any atom is 0.456 e. The molecule has 110 valence electrons. The molecule has 10 nitrogen and oxygen atoms in total. The third kappa shape index (κ3) is 2.73. The summed E-state index contributed by atoms with van der Waals surface area (Å²) in [6, 6.07) is 0. The van der Waals surface area contributed by atoms with Gasteiger partial charge in [0.1, 0.15) is 5.82 Å². The molecule has 0 saturated carbocycles. The van der Waals surface area contributed by atoms with E-state index in [9.17, 15) is 9.36 Å². The quantitative estimate of drug-likeness (QED) is 0.448. The average Bonchev–Trinajstić information content (AvgIpc) is 2.72. The standard InChI is InChI=1S/C9H14N5O5P/c1-3-4-5-10-6-7(11-5)12-9(13-8(6)15)14(19-2)20(16,17)18/h3-4H2,1-2H3,(H2,16,17,18)(H2,10,11,12,13,15). The minimum absolute atomic E-state index is 0.0719. The highest BCUT2D eigenvalue weighted by Crippen LogP contribution is 2.41. The van der Waals surface area contributed by atoms with Gasteiger partial charge in [0, 0.05) is 6.42 Å². The number of fused-ring (bicyclic) bond motifs is 1. The molecule has 0 bridgehead atoms. The Morgan fingerprint density at radius 1 is 1.35 bits per heavy atom. The van der Waals surface area contributed by atoms with Crippen molar-refractivity contribution in [1.29, 1.82) is 0 Å². The highest BCUT2D eigenvalue weighted by atomic mass is 31.2. The van der Waals surface area contributed by atoms with Crippen molar-refractivity contribution in [3.63, 3.8) is 0 Å². The van der Waals surface area contributed by atoms with Gasteiger partial charge in [-0.05, 0) is 6.42 Å². The number of H-pyrrole nitrogens is 2. The normalized spacial score (nSPS) is 12.0. The van der Waals surface area contributed by atoms with Crippen LogP contribution in [0.5, 0.6) is 0 Å². The molecule has 20 heavy (non-hydrogen) atoms. The Balaban J connectivity index is 2.57. The molecular weight excluding hydrogens is 289 g/mol. The van der Waals surface area contributed by atoms with E-state index in [4.69, 9.17) is 9.79 Å². The number of hydrogen-bond donors (Lipinski definition) is 4. The molecule has 0 radical (unpaired) electrons. The molecule has 4 N–H and O–H groups in total. The Kier molecular flexibility index (Phi) is 3.91. The highest BCUT2D eigenvalue weighted by Gasteiger charge is 2.29. The molecule has 0 aliphatic carbocycles. The molecule has 0 spiro atoms. The Hall–Kier alpha value is -1.74. The SMILES string of the molecule is CCCc1nc2nc(N(OC)P(=O)(O)O)[nH]c(=O)c2[nH]1. The van der Waals surface area contributed by atoms with Gasteiger partial charge in [0.25, 0.3) is 5.56 Å². The number of aromatic nitrogens is 4. The van der Waals surface area contributed by atoms with Crippen LogP contribution in [-0.2, 0) is 15.8 Å². The van der Waals surface area contributed by atoms with E-state index in [0.29, 0.717) is 12.2 Å². The molecule has 2 aromatic rings.